The molecule has 2 saturated heterocycles. The van der Waals surface area contributed by atoms with Gasteiger partial charge in [0.25, 0.3) is 0 Å². The van der Waals surface area contributed by atoms with Gasteiger partial charge in [-0.15, -0.1) is 0 Å². The molecule has 28 heavy (non-hydrogen) atoms. The second-order valence-electron chi connectivity index (χ2n) is 7.63. The molecule has 1 aromatic carbocycles. The van der Waals surface area contributed by atoms with Crippen molar-refractivity contribution in [2.45, 2.75) is 31.7 Å². The van der Waals surface area contributed by atoms with Crippen molar-refractivity contribution in [2.75, 3.05) is 49.6 Å². The predicted molar refractivity (Wildman–Crippen MR) is 109 cm³/mol. The van der Waals surface area contributed by atoms with E-state index < -0.39 is 9.84 Å². The zero-order valence-corrected chi connectivity index (χ0v) is 17.2. The topological polar surface area (TPSA) is 78.0 Å². The Morgan fingerprint density at radius 2 is 1.75 bits per heavy atom. The van der Waals surface area contributed by atoms with E-state index >= 15 is 0 Å². The number of sulfone groups is 1. The van der Waals surface area contributed by atoms with E-state index in [2.05, 4.69) is 4.90 Å². The fraction of sp³-hybridized carbons (Fsp3) is 0.600. The Morgan fingerprint density at radius 3 is 2.39 bits per heavy atom. The lowest BCUT2D eigenvalue weighted by atomic mass is 10.0. The Bertz CT molecular complexity index is 789. The third-order valence-corrected chi connectivity index (χ3v) is 6.52. The number of amides is 2. The molecule has 2 amide bonds. The first-order valence-electron chi connectivity index (χ1n) is 9.91. The van der Waals surface area contributed by atoms with Crippen LogP contribution in [0.15, 0.2) is 30.3 Å². The highest BCUT2D eigenvalue weighted by Gasteiger charge is 2.35. The highest BCUT2D eigenvalue weighted by Crippen LogP contribution is 2.24. The summed E-state index contributed by atoms with van der Waals surface area (Å²) in [6.45, 7) is 3.28. The van der Waals surface area contributed by atoms with Gasteiger partial charge in [-0.3, -0.25) is 14.5 Å². The van der Waals surface area contributed by atoms with Gasteiger partial charge in [0.15, 0.2) is 0 Å². The van der Waals surface area contributed by atoms with E-state index in [9.17, 15) is 18.0 Å². The first kappa shape index (κ1) is 20.8. The summed E-state index contributed by atoms with van der Waals surface area (Å²) in [6.07, 6.45) is 3.64. The van der Waals surface area contributed by atoms with E-state index in [1.165, 1.54) is 6.26 Å². The van der Waals surface area contributed by atoms with Crippen LogP contribution >= 0.6 is 0 Å². The largest absolute Gasteiger partial charge is 0.340 e. The normalized spacial score (nSPS) is 21.8. The van der Waals surface area contributed by atoms with Crippen LogP contribution in [0.4, 0.5) is 5.69 Å². The van der Waals surface area contributed by atoms with Crippen LogP contribution in [0.25, 0.3) is 0 Å². The molecule has 0 aromatic heterocycles. The lowest BCUT2D eigenvalue weighted by molar-refractivity contribution is -0.134. The quantitative estimate of drug-likeness (QED) is 0.707. The predicted octanol–water partition coefficient (Wildman–Crippen LogP) is 1.15. The number of piperidine rings is 1. The van der Waals surface area contributed by atoms with Gasteiger partial charge in [-0.2, -0.15) is 0 Å². The van der Waals surface area contributed by atoms with E-state index in [0.717, 1.165) is 25.1 Å². The summed E-state index contributed by atoms with van der Waals surface area (Å²) in [7, 11) is -3.03. The molecular weight excluding hydrogens is 378 g/mol. The monoisotopic (exact) mass is 407 g/mol. The lowest BCUT2D eigenvalue weighted by Crippen LogP contribution is -2.58. The number of hydrogen-bond acceptors (Lipinski definition) is 5. The van der Waals surface area contributed by atoms with Gasteiger partial charge >= 0.3 is 0 Å². The van der Waals surface area contributed by atoms with Crippen LogP contribution in [-0.2, 0) is 19.4 Å². The minimum Gasteiger partial charge on any atom is -0.340 e. The van der Waals surface area contributed by atoms with Gasteiger partial charge in [-0.05, 0) is 31.4 Å². The Labute approximate surface area is 167 Å². The van der Waals surface area contributed by atoms with Crippen molar-refractivity contribution in [1.29, 1.82) is 0 Å². The molecule has 2 aliphatic rings. The van der Waals surface area contributed by atoms with Gasteiger partial charge in [0, 0.05) is 51.1 Å². The highest BCUT2D eigenvalue weighted by atomic mass is 32.2. The first-order chi connectivity index (χ1) is 13.3. The Morgan fingerprint density at radius 1 is 1.07 bits per heavy atom. The molecule has 0 bridgehead atoms. The molecule has 1 atom stereocenters. The van der Waals surface area contributed by atoms with E-state index in [1.54, 1.807) is 4.90 Å². The number of benzene rings is 1. The van der Waals surface area contributed by atoms with E-state index in [1.807, 2.05) is 35.2 Å². The lowest BCUT2D eigenvalue weighted by Gasteiger charge is -2.42. The second kappa shape index (κ2) is 9.05. The van der Waals surface area contributed by atoms with Crippen molar-refractivity contribution >= 4 is 27.3 Å². The third kappa shape index (κ3) is 5.32. The number of carbonyl (C=O) groups is 2. The molecule has 0 N–H and O–H groups in total. The number of rotatable bonds is 6. The number of para-hydroxylation sites is 1. The summed E-state index contributed by atoms with van der Waals surface area (Å²) in [5.41, 5.74) is 0.942. The number of nitrogens with zero attached hydrogens (tertiary/aromatic N) is 3. The van der Waals surface area contributed by atoms with Crippen molar-refractivity contribution in [2.24, 2.45) is 0 Å². The molecule has 0 unspecified atom stereocenters. The van der Waals surface area contributed by atoms with E-state index in [4.69, 9.17) is 0 Å². The zero-order valence-electron chi connectivity index (χ0n) is 16.4. The number of hydrogen-bond donors (Lipinski definition) is 0. The van der Waals surface area contributed by atoms with E-state index in [-0.39, 0.29) is 30.0 Å². The molecule has 0 aliphatic carbocycles. The Kier molecular flexibility index (Phi) is 6.72. The minimum atomic E-state index is -3.03. The molecule has 8 heteroatoms. The van der Waals surface area contributed by atoms with Gasteiger partial charge in [-0.1, -0.05) is 18.2 Å². The van der Waals surface area contributed by atoms with Gasteiger partial charge in [0.05, 0.1) is 11.8 Å². The Hall–Kier alpha value is -1.93. The number of piperazine rings is 1. The van der Waals surface area contributed by atoms with Crippen LogP contribution in [-0.4, -0.2) is 80.8 Å². The van der Waals surface area contributed by atoms with Crippen LogP contribution in [0.5, 0.6) is 0 Å². The SMILES string of the molecule is CS(=O)(=O)CCCC(=O)N1CCN([C@H]2CCCN(c3ccccc3)C2=O)CC1. The molecule has 1 aromatic rings. The smallest absolute Gasteiger partial charge is 0.244 e. The van der Waals surface area contributed by atoms with Crippen LogP contribution in [0.3, 0.4) is 0 Å². The summed E-state index contributed by atoms with van der Waals surface area (Å²) >= 11 is 0. The number of carbonyl (C=O) groups excluding carboxylic acids is 2. The van der Waals surface area contributed by atoms with Crippen LogP contribution in [0.1, 0.15) is 25.7 Å². The minimum absolute atomic E-state index is 0.00387. The molecule has 7 nitrogen and oxygen atoms in total. The maximum atomic E-state index is 13.0. The van der Waals surface area contributed by atoms with Crippen LogP contribution in [0.2, 0.25) is 0 Å². The van der Waals surface area contributed by atoms with Gasteiger partial charge in [0.1, 0.15) is 9.84 Å². The van der Waals surface area contributed by atoms with Gasteiger partial charge in [-0.25, -0.2) is 8.42 Å². The Balaban J connectivity index is 1.51. The number of anilines is 1. The molecule has 0 saturated carbocycles. The summed E-state index contributed by atoms with van der Waals surface area (Å²) < 4.78 is 22.4. The zero-order chi connectivity index (χ0) is 20.1. The average molecular weight is 408 g/mol. The highest BCUT2D eigenvalue weighted by molar-refractivity contribution is 7.90. The van der Waals surface area contributed by atoms with Crippen LogP contribution < -0.4 is 4.90 Å². The van der Waals surface area contributed by atoms with Gasteiger partial charge in [0.2, 0.25) is 11.8 Å². The molecule has 154 valence electrons. The van der Waals surface area contributed by atoms with Crippen molar-refractivity contribution in [3.8, 4) is 0 Å². The maximum Gasteiger partial charge on any atom is 0.244 e. The molecule has 3 rings (SSSR count). The molecule has 2 aliphatic heterocycles. The summed E-state index contributed by atoms with van der Waals surface area (Å²) in [4.78, 5) is 31.2. The first-order valence-corrected chi connectivity index (χ1v) is 12.0. The van der Waals surface area contributed by atoms with Crippen molar-refractivity contribution in [3.63, 3.8) is 0 Å². The summed E-state index contributed by atoms with van der Waals surface area (Å²) in [5, 5.41) is 0. The molecule has 2 fully saturated rings. The van der Waals surface area contributed by atoms with E-state index in [0.29, 0.717) is 32.6 Å². The van der Waals surface area contributed by atoms with Crippen molar-refractivity contribution in [1.82, 2.24) is 9.80 Å². The molecular formula is C20H29N3O4S. The van der Waals surface area contributed by atoms with Gasteiger partial charge < -0.3 is 9.80 Å². The summed E-state index contributed by atoms with van der Waals surface area (Å²) in [5.74, 6) is 0.194. The standard InChI is InChI=1S/C20H29N3O4S/c1-28(26,27)16-6-10-19(24)22-14-12-21(13-15-22)18-9-5-11-23(20(18)25)17-7-3-2-4-8-17/h2-4,7-8,18H,5-6,9-16H2,1H3/t18-/m0/s1. The molecule has 0 radical (unpaired) electrons. The average Bonchev–Trinajstić information content (AvgIpc) is 2.68. The maximum absolute atomic E-state index is 13.0. The molecule has 2 heterocycles. The summed E-state index contributed by atoms with van der Waals surface area (Å²) in [6, 6.07) is 9.64. The fourth-order valence-corrected chi connectivity index (χ4v) is 4.65. The third-order valence-electron chi connectivity index (χ3n) is 5.49. The van der Waals surface area contributed by atoms with Crippen molar-refractivity contribution in [3.05, 3.63) is 30.3 Å². The van der Waals surface area contributed by atoms with Crippen molar-refractivity contribution < 1.29 is 18.0 Å². The second-order valence-corrected chi connectivity index (χ2v) is 9.89. The molecule has 0 spiro atoms. The van der Waals surface area contributed by atoms with Crippen LogP contribution in [0, 0.1) is 0 Å². The fourth-order valence-electron chi connectivity index (χ4n) is 3.99.